The standard InChI is InChI=1S/C10H8Cl2FNO2/c1-5(10(15)16)4-14-9-7(11)2-6(13)3-8(9)12/h2-3,14H,1,4H2,(H,15,16). The number of hydrogen-bond donors (Lipinski definition) is 2. The molecule has 1 rings (SSSR count). The lowest BCUT2D eigenvalue weighted by molar-refractivity contribution is -0.132. The van der Waals surface area contributed by atoms with Gasteiger partial charge >= 0.3 is 5.97 Å². The van der Waals surface area contributed by atoms with Crippen molar-refractivity contribution >= 4 is 34.9 Å². The van der Waals surface area contributed by atoms with Crippen LogP contribution in [0.1, 0.15) is 0 Å². The Labute approximate surface area is 101 Å². The summed E-state index contributed by atoms with van der Waals surface area (Å²) in [6.07, 6.45) is 0. The van der Waals surface area contributed by atoms with Crippen LogP contribution in [0.5, 0.6) is 0 Å². The zero-order chi connectivity index (χ0) is 12.3. The van der Waals surface area contributed by atoms with Crippen LogP contribution in [0.4, 0.5) is 10.1 Å². The summed E-state index contributed by atoms with van der Waals surface area (Å²) in [5.41, 5.74) is 0.239. The van der Waals surface area contributed by atoms with Gasteiger partial charge in [0.15, 0.2) is 0 Å². The molecule has 0 radical (unpaired) electrons. The first kappa shape index (κ1) is 12.8. The van der Waals surface area contributed by atoms with Crippen molar-refractivity contribution in [2.45, 2.75) is 0 Å². The number of benzene rings is 1. The van der Waals surface area contributed by atoms with E-state index in [-0.39, 0.29) is 27.9 Å². The minimum Gasteiger partial charge on any atom is -0.478 e. The molecule has 0 atom stereocenters. The highest BCUT2D eigenvalue weighted by Crippen LogP contribution is 2.31. The van der Waals surface area contributed by atoms with Crippen molar-refractivity contribution < 1.29 is 14.3 Å². The van der Waals surface area contributed by atoms with Crippen molar-refractivity contribution in [3.05, 3.63) is 40.1 Å². The summed E-state index contributed by atoms with van der Waals surface area (Å²) in [5, 5.41) is 11.4. The molecule has 0 bridgehead atoms. The maximum Gasteiger partial charge on any atom is 0.332 e. The number of carboxylic acids is 1. The number of rotatable bonds is 4. The maximum absolute atomic E-state index is 12.8. The Balaban J connectivity index is 2.82. The van der Waals surface area contributed by atoms with Gasteiger partial charge in [-0.25, -0.2) is 9.18 Å². The van der Waals surface area contributed by atoms with Gasteiger partial charge in [-0.05, 0) is 12.1 Å². The van der Waals surface area contributed by atoms with E-state index in [2.05, 4.69) is 11.9 Å². The van der Waals surface area contributed by atoms with Crippen molar-refractivity contribution in [1.82, 2.24) is 0 Å². The number of anilines is 1. The molecule has 16 heavy (non-hydrogen) atoms. The van der Waals surface area contributed by atoms with Crippen LogP contribution < -0.4 is 5.32 Å². The third-order valence-electron chi connectivity index (χ3n) is 1.79. The zero-order valence-electron chi connectivity index (χ0n) is 8.06. The first-order valence-electron chi connectivity index (χ1n) is 4.21. The van der Waals surface area contributed by atoms with Crippen molar-refractivity contribution in [3.63, 3.8) is 0 Å². The van der Waals surface area contributed by atoms with Crippen LogP contribution in [0.15, 0.2) is 24.3 Å². The fraction of sp³-hybridized carbons (Fsp3) is 0.100. The molecule has 0 fully saturated rings. The van der Waals surface area contributed by atoms with Crippen LogP contribution in [0.2, 0.25) is 10.0 Å². The molecule has 3 nitrogen and oxygen atoms in total. The molecular weight excluding hydrogens is 256 g/mol. The number of aliphatic carboxylic acids is 1. The van der Waals surface area contributed by atoms with Gasteiger partial charge in [-0.1, -0.05) is 29.8 Å². The Morgan fingerprint density at radius 1 is 1.44 bits per heavy atom. The second-order valence-electron chi connectivity index (χ2n) is 3.01. The van der Waals surface area contributed by atoms with Crippen LogP contribution in [-0.2, 0) is 4.79 Å². The Morgan fingerprint density at radius 2 is 1.94 bits per heavy atom. The van der Waals surface area contributed by atoms with E-state index in [1.807, 2.05) is 0 Å². The van der Waals surface area contributed by atoms with E-state index in [9.17, 15) is 9.18 Å². The Hall–Kier alpha value is -1.26. The van der Waals surface area contributed by atoms with Gasteiger partial charge < -0.3 is 10.4 Å². The quantitative estimate of drug-likeness (QED) is 0.821. The molecule has 0 saturated carbocycles. The lowest BCUT2D eigenvalue weighted by Gasteiger charge is -2.10. The molecule has 1 aromatic rings. The monoisotopic (exact) mass is 263 g/mol. The maximum atomic E-state index is 12.8. The van der Waals surface area contributed by atoms with Gasteiger partial charge in [0.1, 0.15) is 5.82 Å². The number of halogens is 3. The van der Waals surface area contributed by atoms with Crippen molar-refractivity contribution in [1.29, 1.82) is 0 Å². The Bertz CT molecular complexity index is 425. The molecule has 0 aliphatic carbocycles. The predicted octanol–water partition coefficient (Wildman–Crippen LogP) is 3.19. The molecule has 0 aliphatic rings. The van der Waals surface area contributed by atoms with Crippen molar-refractivity contribution in [2.75, 3.05) is 11.9 Å². The fourth-order valence-electron chi connectivity index (χ4n) is 0.982. The SMILES string of the molecule is C=C(CNc1c(Cl)cc(F)cc1Cl)C(=O)O. The number of nitrogens with one attached hydrogen (secondary N) is 1. The summed E-state index contributed by atoms with van der Waals surface area (Å²) in [5.74, 6) is -1.68. The Kier molecular flexibility index (Phi) is 4.15. The molecule has 0 aliphatic heterocycles. The van der Waals surface area contributed by atoms with Gasteiger partial charge in [0.25, 0.3) is 0 Å². The van der Waals surface area contributed by atoms with Crippen LogP contribution in [0, 0.1) is 5.82 Å². The molecule has 86 valence electrons. The van der Waals surface area contributed by atoms with Crippen LogP contribution in [-0.4, -0.2) is 17.6 Å². The van der Waals surface area contributed by atoms with Gasteiger partial charge in [0, 0.05) is 12.1 Å². The van der Waals surface area contributed by atoms with E-state index in [4.69, 9.17) is 28.3 Å². The highest BCUT2D eigenvalue weighted by Gasteiger charge is 2.10. The molecule has 1 aromatic carbocycles. The van der Waals surface area contributed by atoms with Crippen LogP contribution in [0.25, 0.3) is 0 Å². The highest BCUT2D eigenvalue weighted by atomic mass is 35.5. The van der Waals surface area contributed by atoms with E-state index in [1.165, 1.54) is 0 Å². The molecule has 0 saturated heterocycles. The lowest BCUT2D eigenvalue weighted by Crippen LogP contribution is -2.11. The van der Waals surface area contributed by atoms with E-state index < -0.39 is 11.8 Å². The topological polar surface area (TPSA) is 49.3 Å². The first-order chi connectivity index (χ1) is 7.41. The summed E-state index contributed by atoms with van der Waals surface area (Å²) in [6, 6.07) is 2.17. The number of carbonyl (C=O) groups is 1. The fourth-order valence-corrected chi connectivity index (χ4v) is 1.58. The average molecular weight is 264 g/mol. The van der Waals surface area contributed by atoms with Gasteiger partial charge in [-0.3, -0.25) is 0 Å². The zero-order valence-corrected chi connectivity index (χ0v) is 9.57. The van der Waals surface area contributed by atoms with E-state index in [0.717, 1.165) is 12.1 Å². The summed E-state index contributed by atoms with van der Waals surface area (Å²) < 4.78 is 12.8. The normalized spacial score (nSPS) is 9.94. The highest BCUT2D eigenvalue weighted by molar-refractivity contribution is 6.39. The van der Waals surface area contributed by atoms with E-state index >= 15 is 0 Å². The second-order valence-corrected chi connectivity index (χ2v) is 3.82. The van der Waals surface area contributed by atoms with Gasteiger partial charge in [0.05, 0.1) is 15.7 Å². The summed E-state index contributed by atoms with van der Waals surface area (Å²) >= 11 is 11.5. The minimum atomic E-state index is -1.12. The molecule has 0 aromatic heterocycles. The van der Waals surface area contributed by atoms with Crippen LogP contribution >= 0.6 is 23.2 Å². The van der Waals surface area contributed by atoms with Gasteiger partial charge in [-0.2, -0.15) is 0 Å². The van der Waals surface area contributed by atoms with E-state index in [1.54, 1.807) is 0 Å². The molecule has 0 unspecified atom stereocenters. The van der Waals surface area contributed by atoms with Gasteiger partial charge in [-0.15, -0.1) is 0 Å². The summed E-state index contributed by atoms with van der Waals surface area (Å²) in [4.78, 5) is 10.5. The molecule has 2 N–H and O–H groups in total. The third kappa shape index (κ3) is 3.12. The number of carboxylic acid groups (broad SMARTS) is 1. The van der Waals surface area contributed by atoms with E-state index in [0.29, 0.717) is 0 Å². The Morgan fingerprint density at radius 3 is 2.38 bits per heavy atom. The molecule has 0 spiro atoms. The summed E-state index contributed by atoms with van der Waals surface area (Å²) in [7, 11) is 0. The molecule has 6 heteroatoms. The average Bonchev–Trinajstić information content (AvgIpc) is 2.15. The largest absolute Gasteiger partial charge is 0.478 e. The smallest absolute Gasteiger partial charge is 0.332 e. The van der Waals surface area contributed by atoms with Crippen LogP contribution in [0.3, 0.4) is 0 Å². The second kappa shape index (κ2) is 5.18. The first-order valence-corrected chi connectivity index (χ1v) is 4.97. The predicted molar refractivity (Wildman–Crippen MR) is 61.7 cm³/mol. The molecular formula is C10H8Cl2FNO2. The van der Waals surface area contributed by atoms with Gasteiger partial charge in [0.2, 0.25) is 0 Å². The van der Waals surface area contributed by atoms with Crippen molar-refractivity contribution in [3.8, 4) is 0 Å². The molecule has 0 heterocycles. The summed E-state index contributed by atoms with van der Waals surface area (Å²) in [6.45, 7) is 3.30. The molecule has 0 amide bonds. The minimum absolute atomic E-state index is 0.0274. The third-order valence-corrected chi connectivity index (χ3v) is 2.38. The number of hydrogen-bond acceptors (Lipinski definition) is 2. The lowest BCUT2D eigenvalue weighted by atomic mass is 10.2. The van der Waals surface area contributed by atoms with Crippen molar-refractivity contribution in [2.24, 2.45) is 0 Å².